The van der Waals surface area contributed by atoms with E-state index < -0.39 is 0 Å². The van der Waals surface area contributed by atoms with Crippen LogP contribution >= 0.6 is 0 Å². The van der Waals surface area contributed by atoms with Crippen LogP contribution in [0.3, 0.4) is 0 Å². The van der Waals surface area contributed by atoms with Gasteiger partial charge in [-0.2, -0.15) is 0 Å². The summed E-state index contributed by atoms with van der Waals surface area (Å²) in [6.45, 7) is 8.05. The monoisotopic (exact) mass is 274 g/mol. The molecule has 108 valence electrons. The summed E-state index contributed by atoms with van der Waals surface area (Å²) in [4.78, 5) is 0. The summed E-state index contributed by atoms with van der Waals surface area (Å²) in [6, 6.07) is 1.10. The van der Waals surface area contributed by atoms with Gasteiger partial charge in [0.05, 0.1) is 26.4 Å². The summed E-state index contributed by atoms with van der Waals surface area (Å²) in [7, 11) is 0.615. The fourth-order valence-corrected chi connectivity index (χ4v) is 2.01. The van der Waals surface area contributed by atoms with E-state index in [0.717, 1.165) is 12.7 Å². The zero-order chi connectivity index (χ0) is 13.3. The molecule has 0 rings (SSSR count). The zero-order valence-electron chi connectivity index (χ0n) is 12.2. The highest BCUT2D eigenvalue weighted by Gasteiger charge is 1.93. The first-order valence-electron chi connectivity index (χ1n) is 7.42. The highest BCUT2D eigenvalue weighted by molar-refractivity contribution is 6.26. The summed E-state index contributed by atoms with van der Waals surface area (Å²) in [5.74, 6) is 0. The number of hydrogen-bond donors (Lipinski definition) is 0. The van der Waals surface area contributed by atoms with Crippen molar-refractivity contribution < 1.29 is 13.9 Å². The van der Waals surface area contributed by atoms with Crippen LogP contribution in [0.5, 0.6) is 0 Å². The molecule has 0 saturated heterocycles. The fraction of sp³-hybridized carbons (Fsp3) is 1.00. The van der Waals surface area contributed by atoms with Crippen LogP contribution in [0.25, 0.3) is 0 Å². The largest absolute Gasteiger partial charge is 0.415 e. The van der Waals surface area contributed by atoms with E-state index in [1.165, 1.54) is 38.5 Å². The molecule has 0 N–H and O–H groups in total. The van der Waals surface area contributed by atoms with Crippen LogP contribution < -0.4 is 0 Å². The minimum atomic E-state index is 0.615. The molecule has 0 aliphatic rings. The van der Waals surface area contributed by atoms with E-state index in [1.54, 1.807) is 0 Å². The summed E-state index contributed by atoms with van der Waals surface area (Å²) in [5.41, 5.74) is 0. The average molecular weight is 274 g/mol. The Kier molecular flexibility index (Phi) is 17.2. The van der Waals surface area contributed by atoms with Crippen molar-refractivity contribution in [1.29, 1.82) is 0 Å². The van der Waals surface area contributed by atoms with Gasteiger partial charge in [-0.15, -0.1) is 0 Å². The van der Waals surface area contributed by atoms with Crippen molar-refractivity contribution >= 4 is 9.76 Å². The van der Waals surface area contributed by atoms with Crippen molar-refractivity contribution in [2.75, 3.05) is 33.0 Å². The molecule has 0 aromatic carbocycles. The first-order valence-corrected chi connectivity index (χ1v) is 8.53. The predicted molar refractivity (Wildman–Crippen MR) is 77.2 cm³/mol. The number of rotatable bonds is 15. The van der Waals surface area contributed by atoms with Crippen LogP contribution in [0.15, 0.2) is 0 Å². The molecule has 0 bridgehead atoms. The Morgan fingerprint density at radius 3 is 2.00 bits per heavy atom. The normalized spacial score (nSPS) is 11.0. The molecule has 0 fully saturated rings. The molecule has 0 saturated carbocycles. The van der Waals surface area contributed by atoms with Gasteiger partial charge in [-0.25, -0.2) is 0 Å². The highest BCUT2D eigenvalue weighted by Crippen LogP contribution is 2.04. The van der Waals surface area contributed by atoms with E-state index in [4.69, 9.17) is 13.9 Å². The lowest BCUT2D eigenvalue weighted by atomic mass is 10.1. The number of unbranched alkanes of at least 4 members (excludes halogenated alkanes) is 5. The first-order chi connectivity index (χ1) is 8.91. The average Bonchev–Trinajstić information content (AvgIpc) is 2.39. The molecule has 0 aromatic rings. The molecule has 0 unspecified atom stereocenters. The van der Waals surface area contributed by atoms with Crippen LogP contribution in [0.4, 0.5) is 0 Å². The molecule has 0 heterocycles. The molecule has 0 aliphatic heterocycles. The van der Waals surface area contributed by atoms with E-state index in [2.05, 4.69) is 13.8 Å². The second-order valence-electron chi connectivity index (χ2n) is 4.34. The van der Waals surface area contributed by atoms with Gasteiger partial charge in [0.2, 0.25) is 9.76 Å². The van der Waals surface area contributed by atoms with Gasteiger partial charge < -0.3 is 13.9 Å². The van der Waals surface area contributed by atoms with Gasteiger partial charge in [0.15, 0.2) is 0 Å². The third-order valence-electron chi connectivity index (χ3n) is 2.59. The molecule has 0 amide bonds. The van der Waals surface area contributed by atoms with Gasteiger partial charge in [-0.1, -0.05) is 46.0 Å². The molecule has 18 heavy (non-hydrogen) atoms. The van der Waals surface area contributed by atoms with Crippen molar-refractivity contribution in [2.24, 2.45) is 0 Å². The third-order valence-corrected chi connectivity index (χ3v) is 3.29. The van der Waals surface area contributed by atoms with Crippen LogP contribution in [0, 0.1) is 0 Å². The van der Waals surface area contributed by atoms with Gasteiger partial charge in [0, 0.05) is 6.61 Å². The molecular weight excluding hydrogens is 244 g/mol. The maximum atomic E-state index is 5.50. The van der Waals surface area contributed by atoms with Gasteiger partial charge >= 0.3 is 0 Å². The highest BCUT2D eigenvalue weighted by atomic mass is 28.2. The number of ether oxygens (including phenoxy) is 2. The van der Waals surface area contributed by atoms with Crippen molar-refractivity contribution in [3.63, 3.8) is 0 Å². The predicted octanol–water partition coefficient (Wildman–Crippen LogP) is 3.45. The lowest BCUT2D eigenvalue weighted by Gasteiger charge is -2.06. The quantitative estimate of drug-likeness (QED) is 0.338. The molecule has 0 aliphatic carbocycles. The summed E-state index contributed by atoms with van der Waals surface area (Å²) < 4.78 is 16.2. The molecule has 2 radical (unpaired) electrons. The standard InChI is InChI=1S/C14H30O3Si/c1-3-5-6-7-8-9-10-15-11-12-16-13-14-17-18-4-2/h3-14H2,1-2H3. The van der Waals surface area contributed by atoms with Gasteiger partial charge in [-0.3, -0.25) is 0 Å². The minimum absolute atomic E-state index is 0.615. The van der Waals surface area contributed by atoms with Crippen molar-refractivity contribution in [1.82, 2.24) is 0 Å². The zero-order valence-corrected chi connectivity index (χ0v) is 13.2. The Morgan fingerprint density at radius 1 is 0.667 bits per heavy atom. The Bertz CT molecular complexity index is 129. The molecule has 0 aromatic heterocycles. The molecule has 0 atom stereocenters. The van der Waals surface area contributed by atoms with E-state index in [1.807, 2.05) is 0 Å². The first kappa shape index (κ1) is 18.1. The van der Waals surface area contributed by atoms with Crippen molar-refractivity contribution in [3.8, 4) is 0 Å². The molecule has 0 spiro atoms. The van der Waals surface area contributed by atoms with E-state index in [-0.39, 0.29) is 0 Å². The lowest BCUT2D eigenvalue weighted by molar-refractivity contribution is 0.0356. The molecule has 4 heteroatoms. The maximum absolute atomic E-state index is 5.50. The lowest BCUT2D eigenvalue weighted by Crippen LogP contribution is -2.10. The van der Waals surface area contributed by atoms with Crippen LogP contribution in [-0.2, 0) is 13.9 Å². The summed E-state index contributed by atoms with van der Waals surface area (Å²) >= 11 is 0. The Labute approximate surface area is 116 Å². The van der Waals surface area contributed by atoms with E-state index in [9.17, 15) is 0 Å². The van der Waals surface area contributed by atoms with E-state index >= 15 is 0 Å². The number of hydrogen-bond acceptors (Lipinski definition) is 3. The summed E-state index contributed by atoms with van der Waals surface area (Å²) in [6.07, 6.45) is 7.89. The molecular formula is C14H30O3Si. The summed E-state index contributed by atoms with van der Waals surface area (Å²) in [5, 5.41) is 0. The second kappa shape index (κ2) is 17.1. The van der Waals surface area contributed by atoms with Gasteiger partial charge in [0.1, 0.15) is 0 Å². The van der Waals surface area contributed by atoms with Crippen LogP contribution in [-0.4, -0.2) is 42.8 Å². The van der Waals surface area contributed by atoms with Crippen molar-refractivity contribution in [3.05, 3.63) is 0 Å². The Morgan fingerprint density at radius 2 is 1.28 bits per heavy atom. The Hall–Kier alpha value is 0.0969. The van der Waals surface area contributed by atoms with Gasteiger partial charge in [0.25, 0.3) is 0 Å². The van der Waals surface area contributed by atoms with Gasteiger partial charge in [-0.05, 0) is 12.5 Å². The minimum Gasteiger partial charge on any atom is -0.415 e. The Balaban J connectivity index is 2.86. The molecule has 3 nitrogen and oxygen atoms in total. The third kappa shape index (κ3) is 16.1. The van der Waals surface area contributed by atoms with E-state index in [0.29, 0.717) is 36.2 Å². The second-order valence-corrected chi connectivity index (χ2v) is 5.62. The van der Waals surface area contributed by atoms with Crippen LogP contribution in [0.2, 0.25) is 6.04 Å². The van der Waals surface area contributed by atoms with Crippen LogP contribution in [0.1, 0.15) is 52.4 Å². The smallest absolute Gasteiger partial charge is 0.229 e. The fourth-order valence-electron chi connectivity index (χ4n) is 1.58. The SMILES string of the molecule is CCCCCCCCOCCOCCO[Si]CC. The van der Waals surface area contributed by atoms with Crippen molar-refractivity contribution in [2.45, 2.75) is 58.4 Å². The topological polar surface area (TPSA) is 27.7 Å². The maximum Gasteiger partial charge on any atom is 0.229 e.